The van der Waals surface area contributed by atoms with E-state index in [1.807, 2.05) is 0 Å². The van der Waals surface area contributed by atoms with Gasteiger partial charge < -0.3 is 16.3 Å². The molecule has 0 aromatic heterocycles. The van der Waals surface area contributed by atoms with Gasteiger partial charge in [-0.05, 0) is 32.7 Å². The van der Waals surface area contributed by atoms with Gasteiger partial charge in [-0.1, -0.05) is 11.6 Å². The van der Waals surface area contributed by atoms with Crippen molar-refractivity contribution in [2.24, 2.45) is 16.8 Å². The highest BCUT2D eigenvalue weighted by Gasteiger charge is 2.36. The summed E-state index contributed by atoms with van der Waals surface area (Å²) in [7, 11) is 0. The van der Waals surface area contributed by atoms with Gasteiger partial charge in [0.1, 0.15) is 0 Å². The van der Waals surface area contributed by atoms with Crippen molar-refractivity contribution in [3.8, 4) is 0 Å². The van der Waals surface area contributed by atoms with Crippen LogP contribution in [0.4, 0.5) is 0 Å². The van der Waals surface area contributed by atoms with Crippen molar-refractivity contribution < 1.29 is 10.0 Å². The average Bonchev–Trinajstić information content (AvgIpc) is 2.80. The maximum Gasteiger partial charge on any atom is 0.230 e. The van der Waals surface area contributed by atoms with Crippen LogP contribution in [0.15, 0.2) is 5.16 Å². The number of nitrogens with zero attached hydrogens (tertiary/aromatic N) is 2. The van der Waals surface area contributed by atoms with E-state index in [-0.39, 0.29) is 17.8 Å². The molecule has 0 radical (unpaired) electrons. The first-order chi connectivity index (χ1) is 8.63. The number of nitrogens with two attached hydrogens (primary N) is 1. The largest absolute Gasteiger partial charge is 0.409 e. The molecule has 0 aliphatic carbocycles. The van der Waals surface area contributed by atoms with Gasteiger partial charge in [0.15, 0.2) is 5.84 Å². The summed E-state index contributed by atoms with van der Waals surface area (Å²) in [6, 6.07) is 0.689. The lowest BCUT2D eigenvalue weighted by Gasteiger charge is -2.32. The van der Waals surface area contributed by atoms with Gasteiger partial charge >= 0.3 is 0 Å². The number of fused-ring (bicyclic) bond motifs is 1. The van der Waals surface area contributed by atoms with Crippen LogP contribution in [0.2, 0.25) is 0 Å². The summed E-state index contributed by atoms with van der Waals surface area (Å²) < 4.78 is 0. The van der Waals surface area contributed by atoms with Crippen LogP contribution in [0.25, 0.3) is 0 Å². The van der Waals surface area contributed by atoms with Crippen LogP contribution in [0.3, 0.4) is 0 Å². The van der Waals surface area contributed by atoms with Crippen LogP contribution in [0.1, 0.15) is 32.6 Å². The summed E-state index contributed by atoms with van der Waals surface area (Å²) in [6.07, 6.45) is 4.66. The van der Waals surface area contributed by atoms with Gasteiger partial charge in [0, 0.05) is 18.6 Å². The van der Waals surface area contributed by atoms with Crippen LogP contribution in [0, 0.1) is 5.92 Å². The number of oxime groups is 1. The predicted octanol–water partition coefficient (Wildman–Crippen LogP) is 0.112. The Morgan fingerprint density at radius 3 is 2.94 bits per heavy atom. The van der Waals surface area contributed by atoms with Gasteiger partial charge in [-0.25, -0.2) is 0 Å². The first kappa shape index (κ1) is 13.1. The van der Waals surface area contributed by atoms with E-state index >= 15 is 0 Å². The Balaban J connectivity index is 1.91. The fraction of sp³-hybridized carbons (Fsp3) is 0.833. The summed E-state index contributed by atoms with van der Waals surface area (Å²) in [5.74, 6) is -0.763. The molecule has 2 aliphatic heterocycles. The van der Waals surface area contributed by atoms with Gasteiger partial charge in [-0.3, -0.25) is 9.69 Å². The molecule has 2 fully saturated rings. The van der Waals surface area contributed by atoms with Gasteiger partial charge in [0.25, 0.3) is 0 Å². The van der Waals surface area contributed by atoms with Crippen molar-refractivity contribution in [3.05, 3.63) is 0 Å². The Bertz CT molecular complexity index is 345. The second-order valence-corrected chi connectivity index (χ2v) is 5.25. The smallest absolute Gasteiger partial charge is 0.230 e. The molecule has 0 bridgehead atoms. The lowest BCUT2D eigenvalue weighted by Crippen LogP contribution is -2.49. The summed E-state index contributed by atoms with van der Waals surface area (Å²) >= 11 is 0. The minimum Gasteiger partial charge on any atom is -0.409 e. The Hall–Kier alpha value is -1.30. The number of carbonyl (C=O) groups is 1. The second-order valence-electron chi connectivity index (χ2n) is 5.25. The van der Waals surface area contributed by atoms with Crippen LogP contribution < -0.4 is 11.1 Å². The van der Waals surface area contributed by atoms with E-state index in [0.29, 0.717) is 6.04 Å². The number of amidine groups is 1. The van der Waals surface area contributed by atoms with Crippen molar-refractivity contribution in [2.75, 3.05) is 13.1 Å². The molecule has 0 spiro atoms. The minimum absolute atomic E-state index is 0.0361. The molecular weight excluding hydrogens is 232 g/mol. The molecule has 6 nitrogen and oxygen atoms in total. The zero-order valence-electron chi connectivity index (χ0n) is 10.8. The fourth-order valence-corrected chi connectivity index (χ4v) is 2.94. The van der Waals surface area contributed by atoms with Crippen LogP contribution >= 0.6 is 0 Å². The zero-order valence-corrected chi connectivity index (χ0v) is 10.8. The highest BCUT2D eigenvalue weighted by molar-refractivity contribution is 6.01. The first-order valence-electron chi connectivity index (χ1n) is 6.65. The highest BCUT2D eigenvalue weighted by atomic mass is 16.4. The van der Waals surface area contributed by atoms with E-state index in [1.54, 1.807) is 6.92 Å². The molecule has 2 aliphatic rings. The molecule has 0 aromatic carbocycles. The van der Waals surface area contributed by atoms with Crippen molar-refractivity contribution in [2.45, 2.75) is 44.7 Å². The standard InChI is InChI=1S/C12H22N4O2/c1-8(11(13)15-18)12(17)14-9-5-7-16-6-3-2-4-10(9)16/h8-10,18H,2-7H2,1H3,(H2,13,15)(H,14,17). The molecule has 1 amide bonds. The Labute approximate surface area is 107 Å². The number of carbonyl (C=O) groups excluding carboxylic acids is 1. The van der Waals surface area contributed by atoms with Crippen molar-refractivity contribution >= 4 is 11.7 Å². The van der Waals surface area contributed by atoms with Gasteiger partial charge in [0.2, 0.25) is 5.91 Å². The van der Waals surface area contributed by atoms with Gasteiger partial charge in [-0.2, -0.15) is 0 Å². The molecule has 3 atom stereocenters. The van der Waals surface area contributed by atoms with E-state index in [2.05, 4.69) is 15.4 Å². The molecule has 0 aromatic rings. The third kappa shape index (κ3) is 2.58. The number of amides is 1. The molecule has 2 saturated heterocycles. The van der Waals surface area contributed by atoms with Gasteiger partial charge in [-0.15, -0.1) is 0 Å². The van der Waals surface area contributed by atoms with Crippen LogP contribution in [-0.4, -0.2) is 47.0 Å². The number of piperidine rings is 1. The van der Waals surface area contributed by atoms with E-state index < -0.39 is 5.92 Å². The SMILES string of the molecule is CC(C(=O)NC1CCN2CCCCC12)C(N)=NO. The summed E-state index contributed by atoms with van der Waals surface area (Å²) in [6.45, 7) is 3.86. The molecule has 102 valence electrons. The number of rotatable bonds is 3. The first-order valence-corrected chi connectivity index (χ1v) is 6.65. The van der Waals surface area contributed by atoms with Gasteiger partial charge in [0.05, 0.1) is 5.92 Å². The molecule has 0 saturated carbocycles. The van der Waals surface area contributed by atoms with E-state index in [1.165, 1.54) is 12.8 Å². The Kier molecular flexibility index (Phi) is 4.06. The molecule has 6 heteroatoms. The molecule has 2 rings (SSSR count). The normalized spacial score (nSPS) is 30.8. The second kappa shape index (κ2) is 5.56. The third-order valence-corrected chi connectivity index (χ3v) is 4.14. The average molecular weight is 254 g/mol. The van der Waals surface area contributed by atoms with Crippen molar-refractivity contribution in [3.63, 3.8) is 0 Å². The molecular formula is C12H22N4O2. The molecule has 4 N–H and O–H groups in total. The molecule has 2 heterocycles. The van der Waals surface area contributed by atoms with Crippen molar-refractivity contribution in [1.29, 1.82) is 0 Å². The molecule has 3 unspecified atom stereocenters. The minimum atomic E-state index is -0.576. The van der Waals surface area contributed by atoms with Crippen LogP contribution in [-0.2, 0) is 4.79 Å². The lowest BCUT2D eigenvalue weighted by molar-refractivity contribution is -0.123. The number of hydrogen-bond donors (Lipinski definition) is 3. The lowest BCUT2D eigenvalue weighted by atomic mass is 9.98. The topological polar surface area (TPSA) is 91.0 Å². The number of nitrogens with one attached hydrogen (secondary N) is 1. The summed E-state index contributed by atoms with van der Waals surface area (Å²) in [4.78, 5) is 14.4. The maximum absolute atomic E-state index is 12.0. The van der Waals surface area contributed by atoms with E-state index in [9.17, 15) is 4.79 Å². The fourth-order valence-electron chi connectivity index (χ4n) is 2.94. The summed E-state index contributed by atoms with van der Waals surface area (Å²) in [5, 5.41) is 14.5. The predicted molar refractivity (Wildman–Crippen MR) is 68.3 cm³/mol. The zero-order chi connectivity index (χ0) is 13.1. The number of hydrogen-bond acceptors (Lipinski definition) is 4. The van der Waals surface area contributed by atoms with Crippen LogP contribution in [0.5, 0.6) is 0 Å². The third-order valence-electron chi connectivity index (χ3n) is 4.14. The van der Waals surface area contributed by atoms with Crippen molar-refractivity contribution in [1.82, 2.24) is 10.2 Å². The van der Waals surface area contributed by atoms with E-state index in [0.717, 1.165) is 25.9 Å². The Morgan fingerprint density at radius 2 is 2.22 bits per heavy atom. The van der Waals surface area contributed by atoms with E-state index in [4.69, 9.17) is 10.9 Å². The Morgan fingerprint density at radius 1 is 1.44 bits per heavy atom. The monoisotopic (exact) mass is 254 g/mol. The quantitative estimate of drug-likeness (QED) is 0.288. The highest BCUT2D eigenvalue weighted by Crippen LogP contribution is 2.27. The maximum atomic E-state index is 12.0. The summed E-state index contributed by atoms with van der Waals surface area (Å²) in [5.41, 5.74) is 5.45. The molecule has 18 heavy (non-hydrogen) atoms.